The highest BCUT2D eigenvalue weighted by atomic mass is 28.3. The average molecular weight is 288 g/mol. The highest BCUT2D eigenvalue weighted by molar-refractivity contribution is 6.88. The molecule has 0 amide bonds. The van der Waals surface area contributed by atoms with Crippen LogP contribution in [0.4, 0.5) is 0 Å². The van der Waals surface area contributed by atoms with E-state index in [1.807, 2.05) is 6.07 Å². The van der Waals surface area contributed by atoms with E-state index in [-0.39, 0.29) is 5.92 Å². The highest BCUT2D eigenvalue weighted by Crippen LogP contribution is 2.37. The molecule has 2 saturated heterocycles. The molecule has 1 aromatic carbocycles. The predicted molar refractivity (Wildman–Crippen MR) is 84.4 cm³/mol. The maximum atomic E-state index is 12.8. The third-order valence-corrected chi connectivity index (χ3v) is 6.72. The van der Waals surface area contributed by atoms with Crippen molar-refractivity contribution in [2.24, 2.45) is 5.92 Å². The fourth-order valence-corrected chi connectivity index (χ4v) is 4.63. The van der Waals surface area contributed by atoms with Crippen LogP contribution in [0, 0.1) is 5.92 Å². The molecule has 0 spiro atoms. The van der Waals surface area contributed by atoms with E-state index in [1.54, 1.807) is 0 Å². The van der Waals surface area contributed by atoms with Crippen LogP contribution in [0.25, 0.3) is 0 Å². The van der Waals surface area contributed by atoms with Gasteiger partial charge in [-0.05, 0) is 25.7 Å². The predicted octanol–water partition coefficient (Wildman–Crippen LogP) is 3.37. The van der Waals surface area contributed by atoms with Gasteiger partial charge in [-0.25, -0.2) is 0 Å². The van der Waals surface area contributed by atoms with Crippen LogP contribution in [-0.2, 0) is 4.74 Å². The Morgan fingerprint density at radius 1 is 1.15 bits per heavy atom. The molecule has 0 saturated carbocycles. The minimum atomic E-state index is -1.35. The largest absolute Gasteiger partial charge is 0.375 e. The van der Waals surface area contributed by atoms with E-state index >= 15 is 0 Å². The van der Waals surface area contributed by atoms with Crippen molar-refractivity contribution in [2.45, 2.75) is 57.5 Å². The van der Waals surface area contributed by atoms with Gasteiger partial charge in [-0.15, -0.1) is 0 Å². The molecule has 0 aliphatic carbocycles. The zero-order chi connectivity index (χ0) is 14.3. The number of hydrogen-bond donors (Lipinski definition) is 0. The van der Waals surface area contributed by atoms with E-state index in [2.05, 4.69) is 37.8 Å². The Labute approximate surface area is 122 Å². The molecule has 2 aliphatic rings. The molecule has 1 aromatic rings. The topological polar surface area (TPSA) is 26.3 Å². The van der Waals surface area contributed by atoms with E-state index in [1.165, 1.54) is 5.19 Å². The van der Waals surface area contributed by atoms with Crippen molar-refractivity contribution in [1.82, 2.24) is 0 Å². The normalized spacial score (nSPS) is 29.4. The smallest absolute Gasteiger partial charge is 0.166 e. The fraction of sp³-hybridized carbons (Fsp3) is 0.588. The van der Waals surface area contributed by atoms with E-state index in [9.17, 15) is 4.79 Å². The number of benzene rings is 1. The van der Waals surface area contributed by atoms with Crippen LogP contribution in [0.3, 0.4) is 0 Å². The number of carbonyl (C=O) groups excluding carboxylic acids is 1. The third-order valence-electron chi connectivity index (χ3n) is 4.67. The number of ketones is 1. The lowest BCUT2D eigenvalue weighted by molar-refractivity contribution is -0.0149. The van der Waals surface area contributed by atoms with Gasteiger partial charge in [0.05, 0.1) is 20.3 Å². The van der Waals surface area contributed by atoms with Gasteiger partial charge in [0.15, 0.2) is 5.78 Å². The third kappa shape index (κ3) is 2.74. The molecule has 2 bridgehead atoms. The summed E-state index contributed by atoms with van der Waals surface area (Å²) in [5.74, 6) is 0.517. The maximum absolute atomic E-state index is 12.8. The Hall–Kier alpha value is -0.933. The Balaban J connectivity index is 1.80. The van der Waals surface area contributed by atoms with Gasteiger partial charge in [-0.1, -0.05) is 49.1 Å². The van der Waals surface area contributed by atoms with Gasteiger partial charge in [0, 0.05) is 11.5 Å². The maximum Gasteiger partial charge on any atom is 0.166 e. The molecule has 0 aromatic heterocycles. The van der Waals surface area contributed by atoms with Crippen molar-refractivity contribution in [3.05, 3.63) is 29.8 Å². The summed E-state index contributed by atoms with van der Waals surface area (Å²) >= 11 is 0. The quantitative estimate of drug-likeness (QED) is 0.629. The Morgan fingerprint density at radius 3 is 2.40 bits per heavy atom. The number of hydrogen-bond acceptors (Lipinski definition) is 2. The van der Waals surface area contributed by atoms with Gasteiger partial charge in [0.1, 0.15) is 0 Å². The monoisotopic (exact) mass is 288 g/mol. The van der Waals surface area contributed by atoms with Gasteiger partial charge >= 0.3 is 0 Å². The first-order valence-electron chi connectivity index (χ1n) is 7.74. The summed E-state index contributed by atoms with van der Waals surface area (Å²) in [7, 11) is -1.35. The van der Waals surface area contributed by atoms with E-state index in [0.717, 1.165) is 31.2 Å². The molecule has 2 atom stereocenters. The molecule has 108 valence electrons. The summed E-state index contributed by atoms with van der Waals surface area (Å²) < 4.78 is 5.85. The van der Waals surface area contributed by atoms with Crippen molar-refractivity contribution in [2.75, 3.05) is 0 Å². The first-order chi connectivity index (χ1) is 9.43. The van der Waals surface area contributed by atoms with Gasteiger partial charge < -0.3 is 4.74 Å². The number of rotatable bonds is 3. The fourth-order valence-electron chi connectivity index (χ4n) is 3.45. The van der Waals surface area contributed by atoms with Crippen LogP contribution in [0.1, 0.15) is 36.0 Å². The minimum Gasteiger partial charge on any atom is -0.375 e. The van der Waals surface area contributed by atoms with Gasteiger partial charge in [-0.3, -0.25) is 4.79 Å². The lowest BCUT2D eigenvalue weighted by Gasteiger charge is -2.27. The number of carbonyl (C=O) groups is 1. The van der Waals surface area contributed by atoms with E-state index < -0.39 is 8.07 Å². The summed E-state index contributed by atoms with van der Waals surface area (Å²) in [6, 6.07) is 8.36. The molecule has 20 heavy (non-hydrogen) atoms. The summed E-state index contributed by atoms with van der Waals surface area (Å²) in [6.45, 7) is 6.97. The molecular formula is C17H24O2Si. The van der Waals surface area contributed by atoms with Crippen LogP contribution < -0.4 is 5.19 Å². The van der Waals surface area contributed by atoms with Crippen molar-refractivity contribution < 1.29 is 9.53 Å². The first kappa shape index (κ1) is 14.0. The minimum absolute atomic E-state index is 0.179. The molecule has 2 fully saturated rings. The summed E-state index contributed by atoms with van der Waals surface area (Å²) in [5, 5.41) is 1.37. The standard InChI is InChI=1S/C17H24O2Si/c1-20(2,3)16-6-4-5-12(11-16)17(18)13-9-14-7-8-15(10-13)19-14/h4-6,11,13-15H,7-10H2,1-3H3. The molecule has 3 rings (SSSR count). The summed E-state index contributed by atoms with van der Waals surface area (Å²) in [6.07, 6.45) is 4.80. The Kier molecular flexibility index (Phi) is 3.59. The molecule has 2 nitrogen and oxygen atoms in total. The second-order valence-corrected chi connectivity index (χ2v) is 12.4. The molecule has 2 aliphatic heterocycles. The summed E-state index contributed by atoms with van der Waals surface area (Å²) in [4.78, 5) is 12.8. The van der Waals surface area contributed by atoms with Crippen molar-refractivity contribution in [3.8, 4) is 0 Å². The lowest BCUT2D eigenvalue weighted by atomic mass is 9.88. The van der Waals surface area contributed by atoms with Crippen LogP contribution in [0.15, 0.2) is 24.3 Å². The van der Waals surface area contributed by atoms with E-state index in [0.29, 0.717) is 18.0 Å². The molecule has 2 unspecified atom stereocenters. The van der Waals surface area contributed by atoms with Crippen LogP contribution in [0.2, 0.25) is 19.6 Å². The van der Waals surface area contributed by atoms with Crippen molar-refractivity contribution in [1.29, 1.82) is 0 Å². The van der Waals surface area contributed by atoms with Crippen molar-refractivity contribution in [3.63, 3.8) is 0 Å². The van der Waals surface area contributed by atoms with Crippen LogP contribution in [-0.4, -0.2) is 26.1 Å². The van der Waals surface area contributed by atoms with Crippen LogP contribution in [0.5, 0.6) is 0 Å². The highest BCUT2D eigenvalue weighted by Gasteiger charge is 2.38. The zero-order valence-electron chi connectivity index (χ0n) is 12.7. The Morgan fingerprint density at radius 2 is 1.80 bits per heavy atom. The van der Waals surface area contributed by atoms with Gasteiger partial charge in [-0.2, -0.15) is 0 Å². The number of fused-ring (bicyclic) bond motifs is 2. The summed E-state index contributed by atoms with van der Waals surface area (Å²) in [5.41, 5.74) is 0.913. The molecule has 3 heteroatoms. The van der Waals surface area contributed by atoms with Crippen molar-refractivity contribution >= 4 is 19.0 Å². The van der Waals surface area contributed by atoms with Crippen LogP contribution >= 0.6 is 0 Å². The molecule has 0 N–H and O–H groups in total. The second kappa shape index (κ2) is 5.12. The number of ether oxygens (including phenoxy) is 1. The zero-order valence-corrected chi connectivity index (χ0v) is 13.7. The molecular weight excluding hydrogens is 264 g/mol. The Bertz CT molecular complexity index is 506. The SMILES string of the molecule is C[Si](C)(C)c1cccc(C(=O)C2CC3CCC(C2)O3)c1. The van der Waals surface area contributed by atoms with E-state index in [4.69, 9.17) is 4.74 Å². The second-order valence-electron chi connectivity index (χ2n) is 7.32. The first-order valence-corrected chi connectivity index (χ1v) is 11.2. The molecule has 0 radical (unpaired) electrons. The lowest BCUT2D eigenvalue weighted by Crippen LogP contribution is -2.38. The van der Waals surface area contributed by atoms with Gasteiger partial charge in [0.25, 0.3) is 0 Å². The average Bonchev–Trinajstić information content (AvgIpc) is 2.76. The number of Topliss-reactive ketones (excluding diaryl/α,β-unsaturated/α-hetero) is 1. The van der Waals surface area contributed by atoms with Gasteiger partial charge in [0.2, 0.25) is 0 Å². The molecule has 2 heterocycles.